The van der Waals surface area contributed by atoms with Gasteiger partial charge in [0.25, 0.3) is 0 Å². The number of nitrogens with one attached hydrogen (secondary N) is 4. The average Bonchev–Trinajstić information content (AvgIpc) is 3.11. The van der Waals surface area contributed by atoms with Crippen molar-refractivity contribution in [3.05, 3.63) is 78.4 Å². The summed E-state index contributed by atoms with van der Waals surface area (Å²) in [7, 11) is 0. The van der Waals surface area contributed by atoms with Gasteiger partial charge in [0, 0.05) is 43.0 Å². The van der Waals surface area contributed by atoms with Gasteiger partial charge in [-0.25, -0.2) is 0 Å². The number of hydrogen-bond donors (Lipinski definition) is 6. The fraction of sp³-hybridized carbons (Fsp3) is 0.444. The van der Waals surface area contributed by atoms with Crippen molar-refractivity contribution in [2.75, 3.05) is 58.0 Å². The first-order valence-electron chi connectivity index (χ1n) is 16.4. The zero-order chi connectivity index (χ0) is 34.1. The molecule has 4 rings (SSSR count). The summed E-state index contributed by atoms with van der Waals surface area (Å²) in [5.74, 6) is -3.31. The number of carbonyl (C=O) groups is 4. The molecule has 12 nitrogen and oxygen atoms in total. The summed E-state index contributed by atoms with van der Waals surface area (Å²) in [6.07, 6.45) is 0.923. The number of aliphatic hydroxyl groups is 2. The largest absolute Gasteiger partial charge is 0.394 e. The van der Waals surface area contributed by atoms with Crippen molar-refractivity contribution in [2.24, 2.45) is 17.8 Å². The molecule has 1 aliphatic rings. The molecule has 0 aromatic heterocycles. The van der Waals surface area contributed by atoms with Crippen molar-refractivity contribution in [1.82, 2.24) is 16.0 Å². The predicted octanol–water partition coefficient (Wildman–Crippen LogP) is 1.79. The molecule has 0 spiro atoms. The van der Waals surface area contributed by atoms with Gasteiger partial charge in [-0.3, -0.25) is 19.2 Å². The Morgan fingerprint density at radius 1 is 0.667 bits per heavy atom. The van der Waals surface area contributed by atoms with E-state index in [0.29, 0.717) is 5.69 Å². The van der Waals surface area contributed by atoms with E-state index in [1.165, 1.54) is 0 Å². The Labute approximate surface area is 280 Å². The summed E-state index contributed by atoms with van der Waals surface area (Å²) < 4.78 is 10.5. The molecule has 0 radical (unpaired) electrons. The van der Waals surface area contributed by atoms with Crippen LogP contribution in [-0.2, 0) is 35.1 Å². The third-order valence-corrected chi connectivity index (χ3v) is 8.31. The molecule has 3 aromatic carbocycles. The highest BCUT2D eigenvalue weighted by molar-refractivity contribution is 5.99. The van der Waals surface area contributed by atoms with Crippen LogP contribution in [-0.4, -0.2) is 92.6 Å². The maximum Gasteiger partial charge on any atom is 0.247 e. The van der Waals surface area contributed by atoms with Crippen molar-refractivity contribution in [3.63, 3.8) is 0 Å². The van der Waals surface area contributed by atoms with Crippen LogP contribution in [0.5, 0.6) is 0 Å². The number of fused-ring (bicyclic) bond motifs is 1. The normalized spacial score (nSPS) is 18.1. The number of aliphatic hydroxyl groups excluding tert-OH is 2. The van der Waals surface area contributed by atoms with Gasteiger partial charge in [-0.1, -0.05) is 60.7 Å². The van der Waals surface area contributed by atoms with E-state index in [1.54, 1.807) is 0 Å². The molecule has 6 N–H and O–H groups in total. The van der Waals surface area contributed by atoms with Crippen LogP contribution in [0.2, 0.25) is 0 Å². The van der Waals surface area contributed by atoms with E-state index in [-0.39, 0.29) is 96.1 Å². The molecular formula is C36H46N4O8. The fourth-order valence-electron chi connectivity index (χ4n) is 5.92. The molecule has 0 bridgehead atoms. The molecule has 1 saturated carbocycles. The van der Waals surface area contributed by atoms with Crippen LogP contribution < -0.4 is 21.3 Å². The second-order valence-electron chi connectivity index (χ2n) is 11.9. The van der Waals surface area contributed by atoms with Crippen LogP contribution in [0.25, 0.3) is 10.8 Å². The van der Waals surface area contributed by atoms with Crippen molar-refractivity contribution in [1.29, 1.82) is 0 Å². The lowest BCUT2D eigenvalue weighted by Gasteiger charge is -2.33. The lowest BCUT2D eigenvalue weighted by atomic mass is 9.74. The van der Waals surface area contributed by atoms with Gasteiger partial charge in [-0.05, 0) is 47.7 Å². The maximum absolute atomic E-state index is 13.9. The monoisotopic (exact) mass is 662 g/mol. The van der Waals surface area contributed by atoms with Gasteiger partial charge >= 0.3 is 0 Å². The van der Waals surface area contributed by atoms with Crippen molar-refractivity contribution >= 4 is 40.1 Å². The number of amides is 4. The molecule has 4 atom stereocenters. The minimum absolute atomic E-state index is 0.124. The lowest BCUT2D eigenvalue weighted by molar-refractivity contribution is -0.136. The van der Waals surface area contributed by atoms with Crippen molar-refractivity contribution < 1.29 is 38.9 Å². The topological polar surface area (TPSA) is 175 Å². The second-order valence-corrected chi connectivity index (χ2v) is 11.9. The third kappa shape index (κ3) is 11.4. The summed E-state index contributed by atoms with van der Waals surface area (Å²) in [5, 5.41) is 31.3. The molecule has 1 unspecified atom stereocenters. The third-order valence-electron chi connectivity index (χ3n) is 8.31. The van der Waals surface area contributed by atoms with Crippen LogP contribution in [0.4, 0.5) is 5.69 Å². The highest BCUT2D eigenvalue weighted by atomic mass is 16.5. The SMILES string of the molecule is O=C(N[C@@H](Cc1ccccc1)C(=O)Nc1ccc2ccccc2c1)C1C[C@@H](C(=O)NCCOCCO)C[C@@H](C(=O)NCCOCCO)C1. The van der Waals surface area contributed by atoms with E-state index in [0.717, 1.165) is 16.3 Å². The van der Waals surface area contributed by atoms with Gasteiger partial charge in [0.15, 0.2) is 0 Å². The van der Waals surface area contributed by atoms with Crippen LogP contribution in [0, 0.1) is 17.8 Å². The smallest absolute Gasteiger partial charge is 0.247 e. The number of carbonyl (C=O) groups excluding carboxylic acids is 4. The van der Waals surface area contributed by atoms with E-state index in [9.17, 15) is 19.2 Å². The summed E-state index contributed by atoms with van der Waals surface area (Å²) in [4.78, 5) is 53.9. The van der Waals surface area contributed by atoms with Crippen LogP contribution in [0.15, 0.2) is 72.8 Å². The van der Waals surface area contributed by atoms with Crippen LogP contribution in [0.1, 0.15) is 24.8 Å². The lowest BCUT2D eigenvalue weighted by Crippen LogP contribution is -2.50. The average molecular weight is 663 g/mol. The van der Waals surface area contributed by atoms with Crippen LogP contribution >= 0.6 is 0 Å². The molecule has 3 aromatic rings. The zero-order valence-corrected chi connectivity index (χ0v) is 27.1. The Hall–Kier alpha value is -4.36. The fourth-order valence-corrected chi connectivity index (χ4v) is 5.92. The molecule has 0 heterocycles. The van der Waals surface area contributed by atoms with Gasteiger partial charge in [0.2, 0.25) is 23.6 Å². The van der Waals surface area contributed by atoms with Gasteiger partial charge in [0.1, 0.15) is 6.04 Å². The van der Waals surface area contributed by atoms with Crippen molar-refractivity contribution in [2.45, 2.75) is 31.7 Å². The number of hydrogen-bond acceptors (Lipinski definition) is 8. The predicted molar refractivity (Wildman–Crippen MR) is 181 cm³/mol. The molecule has 258 valence electrons. The number of ether oxygens (including phenoxy) is 2. The second kappa shape index (κ2) is 19.5. The standard InChI is InChI=1S/C36H46N4O8/c41-14-18-47-16-12-37-33(43)28-21-29(34(44)38-13-17-48-19-15-42)23-30(22-28)35(45)40-32(20-25-6-2-1-3-7-25)36(46)39-31-11-10-26-8-4-5-9-27(26)24-31/h1-11,24,28-30,32,41-42H,12-23H2,(H,37,43)(H,38,44)(H,39,46)(H,40,45)/t28-,29+,30?,32-/m0/s1. The quantitative estimate of drug-likeness (QED) is 0.112. The molecular weight excluding hydrogens is 616 g/mol. The van der Waals surface area contributed by atoms with E-state index < -0.39 is 29.7 Å². The first-order chi connectivity index (χ1) is 23.4. The molecule has 1 aliphatic carbocycles. The molecule has 0 saturated heterocycles. The minimum atomic E-state index is -0.916. The Morgan fingerprint density at radius 3 is 1.79 bits per heavy atom. The van der Waals surface area contributed by atoms with E-state index in [2.05, 4.69) is 21.3 Å². The highest BCUT2D eigenvalue weighted by Gasteiger charge is 2.40. The van der Waals surface area contributed by atoms with Crippen molar-refractivity contribution in [3.8, 4) is 0 Å². The van der Waals surface area contributed by atoms with Gasteiger partial charge in [-0.2, -0.15) is 0 Å². The van der Waals surface area contributed by atoms with E-state index >= 15 is 0 Å². The Kier molecular flexibility index (Phi) is 14.8. The summed E-state index contributed by atoms with van der Waals surface area (Å²) in [5.41, 5.74) is 1.46. The Bertz CT molecular complexity index is 1450. The van der Waals surface area contributed by atoms with Crippen LogP contribution in [0.3, 0.4) is 0 Å². The highest BCUT2D eigenvalue weighted by Crippen LogP contribution is 2.34. The molecule has 12 heteroatoms. The Morgan fingerprint density at radius 2 is 1.21 bits per heavy atom. The molecule has 1 fully saturated rings. The number of rotatable bonds is 18. The van der Waals surface area contributed by atoms with E-state index in [1.807, 2.05) is 72.8 Å². The summed E-state index contributed by atoms with van der Waals surface area (Å²) in [6, 6.07) is 21.9. The summed E-state index contributed by atoms with van der Waals surface area (Å²) in [6.45, 7) is 0.942. The van der Waals surface area contributed by atoms with Gasteiger partial charge in [0.05, 0.1) is 39.6 Å². The number of anilines is 1. The maximum atomic E-state index is 13.9. The summed E-state index contributed by atoms with van der Waals surface area (Å²) >= 11 is 0. The molecule has 4 amide bonds. The first kappa shape index (κ1) is 36.5. The van der Waals surface area contributed by atoms with Gasteiger partial charge in [-0.15, -0.1) is 0 Å². The number of benzene rings is 3. The van der Waals surface area contributed by atoms with Gasteiger partial charge < -0.3 is 41.0 Å². The Balaban J connectivity index is 1.47. The first-order valence-corrected chi connectivity index (χ1v) is 16.4. The molecule has 0 aliphatic heterocycles. The van der Waals surface area contributed by atoms with E-state index in [4.69, 9.17) is 19.7 Å². The molecule has 48 heavy (non-hydrogen) atoms. The minimum Gasteiger partial charge on any atom is -0.394 e. The zero-order valence-electron chi connectivity index (χ0n) is 27.1.